The zero-order valence-electron chi connectivity index (χ0n) is 8.65. The van der Waals surface area contributed by atoms with Crippen LogP contribution in [0.3, 0.4) is 0 Å². The number of rotatable bonds is 2. The van der Waals surface area contributed by atoms with E-state index in [1.54, 1.807) is 25.1 Å². The third-order valence-corrected chi connectivity index (χ3v) is 2.36. The van der Waals surface area contributed by atoms with Crippen molar-refractivity contribution in [1.29, 1.82) is 0 Å². The number of fused-ring (bicyclic) bond motifs is 1. The van der Waals surface area contributed by atoms with Gasteiger partial charge in [0, 0.05) is 17.3 Å². The zero-order valence-corrected chi connectivity index (χ0v) is 9.47. The van der Waals surface area contributed by atoms with Crippen molar-refractivity contribution in [2.45, 2.75) is 12.4 Å². The second-order valence-corrected chi connectivity index (χ2v) is 4.05. The predicted molar refractivity (Wildman–Crippen MR) is 58.5 cm³/mol. The molecule has 2 aromatic heterocycles. The van der Waals surface area contributed by atoms with Crippen molar-refractivity contribution in [2.75, 3.05) is 0 Å². The number of nitrogens with zero attached hydrogens (tertiary/aromatic N) is 2. The van der Waals surface area contributed by atoms with Crippen molar-refractivity contribution in [3.05, 3.63) is 30.1 Å². The van der Waals surface area contributed by atoms with Gasteiger partial charge in [0.15, 0.2) is 12.0 Å². The van der Waals surface area contributed by atoms with Crippen LogP contribution in [0.25, 0.3) is 10.9 Å². The number of pyridine rings is 2. The predicted octanol–water partition coefficient (Wildman–Crippen LogP) is 3.49. The fourth-order valence-electron chi connectivity index (χ4n) is 1.27. The molecule has 0 bridgehead atoms. The Balaban J connectivity index is 2.36. The van der Waals surface area contributed by atoms with Crippen LogP contribution in [0.4, 0.5) is 13.2 Å². The molecule has 2 aromatic rings. The SMILES string of the molecule is Cc1ccc2ccnc(OSC(F)(F)F)c2n1. The van der Waals surface area contributed by atoms with Crippen LogP contribution in [0.15, 0.2) is 24.4 Å². The Kier molecular flexibility index (Phi) is 3.10. The van der Waals surface area contributed by atoms with Crippen LogP contribution in [0.2, 0.25) is 0 Å². The Morgan fingerprint density at radius 3 is 2.71 bits per heavy atom. The second-order valence-electron chi connectivity index (χ2n) is 3.25. The maximum absolute atomic E-state index is 12.0. The van der Waals surface area contributed by atoms with Crippen LogP contribution in [-0.2, 0) is 0 Å². The molecule has 0 radical (unpaired) electrons. The number of hydrogen-bond acceptors (Lipinski definition) is 4. The lowest BCUT2D eigenvalue weighted by molar-refractivity contribution is -0.0370. The summed E-state index contributed by atoms with van der Waals surface area (Å²) in [4.78, 5) is 7.85. The van der Waals surface area contributed by atoms with Crippen molar-refractivity contribution in [2.24, 2.45) is 0 Å². The van der Waals surface area contributed by atoms with E-state index in [1.807, 2.05) is 0 Å². The van der Waals surface area contributed by atoms with Crippen LogP contribution in [0.1, 0.15) is 5.69 Å². The monoisotopic (exact) mass is 260 g/mol. The average molecular weight is 260 g/mol. The topological polar surface area (TPSA) is 35.0 Å². The molecular weight excluding hydrogens is 253 g/mol. The van der Waals surface area contributed by atoms with Crippen LogP contribution >= 0.6 is 12.0 Å². The lowest BCUT2D eigenvalue weighted by atomic mass is 10.2. The summed E-state index contributed by atoms with van der Waals surface area (Å²) < 4.78 is 40.6. The smallest absolute Gasteiger partial charge is 0.394 e. The number of halogens is 3. The Morgan fingerprint density at radius 2 is 2.00 bits per heavy atom. The molecule has 0 unspecified atom stereocenters. The van der Waals surface area contributed by atoms with Gasteiger partial charge in [-0.25, -0.2) is 9.97 Å². The summed E-state index contributed by atoms with van der Waals surface area (Å²) in [7, 11) is 0. The molecule has 0 aromatic carbocycles. The van der Waals surface area contributed by atoms with Gasteiger partial charge in [0.05, 0.1) is 0 Å². The van der Waals surface area contributed by atoms with E-state index in [1.165, 1.54) is 6.20 Å². The highest BCUT2D eigenvalue weighted by atomic mass is 32.2. The molecule has 0 atom stereocenters. The van der Waals surface area contributed by atoms with E-state index in [9.17, 15) is 13.2 Å². The molecule has 3 nitrogen and oxygen atoms in total. The molecule has 90 valence electrons. The third kappa shape index (κ3) is 3.00. The van der Waals surface area contributed by atoms with Gasteiger partial charge in [-0.2, -0.15) is 13.2 Å². The normalized spacial score (nSPS) is 11.8. The van der Waals surface area contributed by atoms with Crippen molar-refractivity contribution < 1.29 is 17.4 Å². The average Bonchev–Trinajstić information content (AvgIpc) is 2.25. The van der Waals surface area contributed by atoms with E-state index in [0.29, 0.717) is 16.6 Å². The van der Waals surface area contributed by atoms with Gasteiger partial charge in [-0.1, -0.05) is 6.07 Å². The van der Waals surface area contributed by atoms with E-state index in [-0.39, 0.29) is 5.88 Å². The standard InChI is InChI=1S/C10H7F3N2OS/c1-6-2-3-7-4-5-14-9(8(7)15-6)16-17-10(11,12)13/h2-5H,1H3. The number of alkyl halides is 3. The molecular formula is C10H7F3N2OS. The summed E-state index contributed by atoms with van der Waals surface area (Å²) in [6.45, 7) is 1.74. The highest BCUT2D eigenvalue weighted by Crippen LogP contribution is 2.33. The van der Waals surface area contributed by atoms with E-state index in [4.69, 9.17) is 0 Å². The molecule has 17 heavy (non-hydrogen) atoms. The molecule has 2 rings (SSSR count). The minimum atomic E-state index is -4.46. The molecule has 2 heterocycles. The molecule has 0 saturated carbocycles. The van der Waals surface area contributed by atoms with Crippen molar-refractivity contribution in [3.63, 3.8) is 0 Å². The van der Waals surface area contributed by atoms with E-state index in [0.717, 1.165) is 0 Å². The number of hydrogen-bond donors (Lipinski definition) is 0. The van der Waals surface area contributed by atoms with Gasteiger partial charge in [0.2, 0.25) is 0 Å². The fourth-order valence-corrected chi connectivity index (χ4v) is 1.56. The number of aromatic nitrogens is 2. The van der Waals surface area contributed by atoms with Crippen molar-refractivity contribution >= 4 is 22.9 Å². The molecule has 0 N–H and O–H groups in total. The molecule has 0 fully saturated rings. The highest BCUT2D eigenvalue weighted by Gasteiger charge is 2.32. The first-order chi connectivity index (χ1) is 7.96. The Morgan fingerprint density at radius 1 is 1.24 bits per heavy atom. The Hall–Kier alpha value is -1.50. The minimum absolute atomic E-state index is 0.131. The Labute approximate surface area is 99.2 Å². The summed E-state index contributed by atoms with van der Waals surface area (Å²) in [6.07, 6.45) is 1.38. The summed E-state index contributed by atoms with van der Waals surface area (Å²) >= 11 is -0.595. The lowest BCUT2D eigenvalue weighted by Crippen LogP contribution is -2.03. The first-order valence-corrected chi connectivity index (χ1v) is 5.35. The highest BCUT2D eigenvalue weighted by molar-refractivity contribution is 7.95. The van der Waals surface area contributed by atoms with E-state index in [2.05, 4.69) is 14.2 Å². The van der Waals surface area contributed by atoms with Gasteiger partial charge < -0.3 is 4.18 Å². The van der Waals surface area contributed by atoms with Crippen LogP contribution < -0.4 is 4.18 Å². The quantitative estimate of drug-likeness (QED) is 0.774. The lowest BCUT2D eigenvalue weighted by Gasteiger charge is -2.07. The van der Waals surface area contributed by atoms with Gasteiger partial charge in [-0.05, 0) is 19.1 Å². The summed E-state index contributed by atoms with van der Waals surface area (Å²) in [5.74, 6) is -0.131. The fraction of sp³-hybridized carbons (Fsp3) is 0.200. The molecule has 0 spiro atoms. The van der Waals surface area contributed by atoms with Gasteiger partial charge >= 0.3 is 5.51 Å². The number of aryl methyl sites for hydroxylation is 1. The van der Waals surface area contributed by atoms with E-state index >= 15 is 0 Å². The maximum Gasteiger partial charge on any atom is 0.479 e. The van der Waals surface area contributed by atoms with E-state index < -0.39 is 17.6 Å². The molecule has 0 amide bonds. The molecule has 0 aliphatic heterocycles. The largest absolute Gasteiger partial charge is 0.479 e. The second kappa shape index (κ2) is 4.40. The summed E-state index contributed by atoms with van der Waals surface area (Å²) in [5.41, 5.74) is -3.45. The summed E-state index contributed by atoms with van der Waals surface area (Å²) in [6, 6.07) is 5.18. The first kappa shape index (κ1) is 12.0. The van der Waals surface area contributed by atoms with Crippen LogP contribution in [0.5, 0.6) is 5.88 Å². The maximum atomic E-state index is 12.0. The first-order valence-electron chi connectivity index (χ1n) is 4.60. The molecule has 0 aliphatic rings. The summed E-state index contributed by atoms with van der Waals surface area (Å²) in [5, 5.41) is 0.684. The van der Waals surface area contributed by atoms with Crippen molar-refractivity contribution in [3.8, 4) is 5.88 Å². The third-order valence-electron chi connectivity index (χ3n) is 1.93. The van der Waals surface area contributed by atoms with Gasteiger partial charge in [0.25, 0.3) is 5.88 Å². The zero-order chi connectivity index (χ0) is 12.5. The molecule has 0 saturated heterocycles. The molecule has 7 heteroatoms. The van der Waals surface area contributed by atoms with Crippen molar-refractivity contribution in [1.82, 2.24) is 9.97 Å². The van der Waals surface area contributed by atoms with Gasteiger partial charge in [-0.15, -0.1) is 0 Å². The Bertz CT molecular complexity index is 545. The van der Waals surface area contributed by atoms with Gasteiger partial charge in [0.1, 0.15) is 5.52 Å². The van der Waals surface area contributed by atoms with Crippen LogP contribution in [-0.4, -0.2) is 15.5 Å². The van der Waals surface area contributed by atoms with Crippen LogP contribution in [0, 0.1) is 6.92 Å². The minimum Gasteiger partial charge on any atom is -0.394 e. The van der Waals surface area contributed by atoms with Gasteiger partial charge in [-0.3, -0.25) is 0 Å². The molecule has 0 aliphatic carbocycles.